The van der Waals surface area contributed by atoms with Gasteiger partial charge in [-0.1, -0.05) is 30.3 Å². The highest BCUT2D eigenvalue weighted by Gasteiger charge is 2.28. The maximum Gasteiger partial charge on any atom is 0.262 e. The van der Waals surface area contributed by atoms with Crippen molar-refractivity contribution in [2.45, 2.75) is 6.54 Å². The van der Waals surface area contributed by atoms with Crippen molar-refractivity contribution in [3.63, 3.8) is 0 Å². The Morgan fingerprint density at radius 3 is 2.84 bits per heavy atom. The first-order chi connectivity index (χ1) is 12.2. The fraction of sp³-hybridized carbons (Fsp3) is 0.111. The normalized spacial score (nSPS) is 13.3. The van der Waals surface area contributed by atoms with Crippen molar-refractivity contribution in [1.82, 2.24) is 14.8 Å². The van der Waals surface area contributed by atoms with Crippen LogP contribution in [0.5, 0.6) is 0 Å². The molecule has 0 saturated carbocycles. The van der Waals surface area contributed by atoms with Crippen LogP contribution in [-0.2, 0) is 11.3 Å². The summed E-state index contributed by atoms with van der Waals surface area (Å²) in [7, 11) is 0. The molecule has 1 aliphatic rings. The lowest BCUT2D eigenvalue weighted by atomic mass is 10.2. The van der Waals surface area contributed by atoms with Gasteiger partial charge >= 0.3 is 0 Å². The van der Waals surface area contributed by atoms with Crippen LogP contribution in [0.15, 0.2) is 61.2 Å². The third-order valence-electron chi connectivity index (χ3n) is 3.98. The van der Waals surface area contributed by atoms with Crippen LogP contribution in [0.1, 0.15) is 15.9 Å². The molecule has 7 nitrogen and oxygen atoms in total. The molecule has 2 aromatic heterocycles. The zero-order chi connectivity index (χ0) is 17.2. The number of hydrogen-bond acceptors (Lipinski definition) is 4. The van der Waals surface area contributed by atoms with E-state index in [0.717, 1.165) is 5.56 Å². The first kappa shape index (κ1) is 15.1. The molecule has 3 heterocycles. The number of hydrogen-bond donors (Lipinski definition) is 1. The number of aromatic nitrogens is 3. The van der Waals surface area contributed by atoms with Gasteiger partial charge in [-0.15, -0.1) is 0 Å². The Morgan fingerprint density at radius 2 is 2.00 bits per heavy atom. The predicted molar refractivity (Wildman–Crippen MR) is 92.3 cm³/mol. The monoisotopic (exact) mass is 333 g/mol. The van der Waals surface area contributed by atoms with Gasteiger partial charge in [-0.2, -0.15) is 5.10 Å². The Bertz CT molecular complexity index is 935. The minimum atomic E-state index is -0.262. The number of anilines is 2. The third kappa shape index (κ3) is 2.99. The molecule has 0 bridgehead atoms. The summed E-state index contributed by atoms with van der Waals surface area (Å²) in [5.74, 6) is -0.507. The second kappa shape index (κ2) is 6.20. The van der Waals surface area contributed by atoms with Gasteiger partial charge in [0, 0.05) is 12.4 Å². The SMILES string of the molecule is O=C1CN(C(=O)c2cnn(Cc3ccccc3)c2)c2ccncc2N1. The van der Waals surface area contributed by atoms with Gasteiger partial charge in [-0.05, 0) is 11.6 Å². The van der Waals surface area contributed by atoms with Gasteiger partial charge in [0.15, 0.2) is 0 Å². The van der Waals surface area contributed by atoms with Crippen molar-refractivity contribution in [1.29, 1.82) is 0 Å². The van der Waals surface area contributed by atoms with Crippen molar-refractivity contribution in [2.24, 2.45) is 0 Å². The second-order valence-corrected chi connectivity index (χ2v) is 5.74. The summed E-state index contributed by atoms with van der Waals surface area (Å²) < 4.78 is 1.71. The zero-order valence-electron chi connectivity index (χ0n) is 13.3. The molecule has 1 N–H and O–H groups in total. The summed E-state index contributed by atoms with van der Waals surface area (Å²) in [6.07, 6.45) is 6.35. The molecule has 0 spiro atoms. The second-order valence-electron chi connectivity index (χ2n) is 5.74. The zero-order valence-corrected chi connectivity index (χ0v) is 13.3. The smallest absolute Gasteiger partial charge is 0.262 e. The van der Waals surface area contributed by atoms with E-state index in [1.807, 2.05) is 30.3 Å². The summed E-state index contributed by atoms with van der Waals surface area (Å²) in [6, 6.07) is 11.6. The van der Waals surface area contributed by atoms with E-state index in [2.05, 4.69) is 15.4 Å². The molecule has 124 valence electrons. The maximum absolute atomic E-state index is 12.8. The Balaban J connectivity index is 1.59. The third-order valence-corrected chi connectivity index (χ3v) is 3.98. The number of amides is 2. The summed E-state index contributed by atoms with van der Waals surface area (Å²) in [5.41, 5.74) is 2.70. The largest absolute Gasteiger partial charge is 0.321 e. The highest BCUT2D eigenvalue weighted by atomic mass is 16.2. The van der Waals surface area contributed by atoms with Crippen LogP contribution in [-0.4, -0.2) is 33.1 Å². The first-order valence-electron chi connectivity index (χ1n) is 7.83. The lowest BCUT2D eigenvalue weighted by molar-refractivity contribution is -0.115. The van der Waals surface area contributed by atoms with E-state index in [4.69, 9.17) is 0 Å². The molecule has 1 aliphatic heterocycles. The molecule has 4 rings (SSSR count). The highest BCUT2D eigenvalue weighted by molar-refractivity contribution is 6.14. The molecular weight excluding hydrogens is 318 g/mol. The van der Waals surface area contributed by atoms with Gasteiger partial charge < -0.3 is 5.32 Å². The van der Waals surface area contributed by atoms with Crippen molar-refractivity contribution in [3.05, 3.63) is 72.3 Å². The predicted octanol–water partition coefficient (Wildman–Crippen LogP) is 1.93. The van der Waals surface area contributed by atoms with Crippen molar-refractivity contribution in [2.75, 3.05) is 16.8 Å². The number of carbonyl (C=O) groups excluding carboxylic acids is 2. The van der Waals surface area contributed by atoms with Gasteiger partial charge in [0.2, 0.25) is 5.91 Å². The molecule has 1 aromatic carbocycles. The molecule has 0 radical (unpaired) electrons. The lowest BCUT2D eigenvalue weighted by Gasteiger charge is -2.28. The van der Waals surface area contributed by atoms with Crippen LogP contribution < -0.4 is 10.2 Å². The van der Waals surface area contributed by atoms with E-state index in [1.165, 1.54) is 17.3 Å². The number of carbonyl (C=O) groups is 2. The molecule has 0 atom stereocenters. The van der Waals surface area contributed by atoms with Gasteiger partial charge in [0.25, 0.3) is 5.91 Å². The fourth-order valence-corrected chi connectivity index (χ4v) is 2.81. The van der Waals surface area contributed by atoms with Gasteiger partial charge in [-0.3, -0.25) is 24.2 Å². The van der Waals surface area contributed by atoms with E-state index in [-0.39, 0.29) is 18.4 Å². The van der Waals surface area contributed by atoms with Gasteiger partial charge in [0.1, 0.15) is 6.54 Å². The minimum absolute atomic E-state index is 0.0281. The van der Waals surface area contributed by atoms with E-state index < -0.39 is 0 Å². The lowest BCUT2D eigenvalue weighted by Crippen LogP contribution is -2.42. The summed E-state index contributed by atoms with van der Waals surface area (Å²) >= 11 is 0. The average Bonchev–Trinajstić information content (AvgIpc) is 3.09. The van der Waals surface area contributed by atoms with Crippen molar-refractivity contribution < 1.29 is 9.59 Å². The molecule has 3 aromatic rings. The number of benzene rings is 1. The van der Waals surface area contributed by atoms with Crippen LogP contribution in [0.4, 0.5) is 11.4 Å². The van der Waals surface area contributed by atoms with E-state index in [0.29, 0.717) is 23.5 Å². The molecule has 7 heteroatoms. The topological polar surface area (TPSA) is 80.1 Å². The highest BCUT2D eigenvalue weighted by Crippen LogP contribution is 2.29. The van der Waals surface area contributed by atoms with Crippen LogP contribution in [0.25, 0.3) is 0 Å². The number of fused-ring (bicyclic) bond motifs is 1. The molecular formula is C18H15N5O2. The fourth-order valence-electron chi connectivity index (χ4n) is 2.81. The summed E-state index contributed by atoms with van der Waals surface area (Å²) in [6.45, 7) is 0.550. The van der Waals surface area contributed by atoms with E-state index in [1.54, 1.807) is 23.1 Å². The van der Waals surface area contributed by atoms with E-state index in [9.17, 15) is 9.59 Å². The van der Waals surface area contributed by atoms with Gasteiger partial charge in [0.05, 0.1) is 35.9 Å². The number of nitrogens with zero attached hydrogens (tertiary/aromatic N) is 4. The maximum atomic E-state index is 12.8. The molecule has 0 aliphatic carbocycles. The first-order valence-corrected chi connectivity index (χ1v) is 7.83. The van der Waals surface area contributed by atoms with Crippen LogP contribution in [0.2, 0.25) is 0 Å². The molecule has 0 fully saturated rings. The van der Waals surface area contributed by atoms with Crippen molar-refractivity contribution >= 4 is 23.2 Å². The number of nitrogens with one attached hydrogen (secondary N) is 1. The summed E-state index contributed by atoms with van der Waals surface area (Å²) in [5, 5.41) is 6.98. The molecule has 2 amide bonds. The van der Waals surface area contributed by atoms with Gasteiger partial charge in [-0.25, -0.2) is 0 Å². The van der Waals surface area contributed by atoms with Crippen LogP contribution in [0, 0.1) is 0 Å². The number of rotatable bonds is 3. The van der Waals surface area contributed by atoms with Crippen LogP contribution >= 0.6 is 0 Å². The number of pyridine rings is 1. The molecule has 25 heavy (non-hydrogen) atoms. The Labute approximate surface area is 143 Å². The Hall–Kier alpha value is -3.48. The average molecular weight is 333 g/mol. The van der Waals surface area contributed by atoms with Crippen LogP contribution in [0.3, 0.4) is 0 Å². The molecule has 0 saturated heterocycles. The summed E-state index contributed by atoms with van der Waals surface area (Å²) in [4.78, 5) is 30.1. The van der Waals surface area contributed by atoms with E-state index >= 15 is 0 Å². The Morgan fingerprint density at radius 1 is 1.16 bits per heavy atom. The van der Waals surface area contributed by atoms with Crippen molar-refractivity contribution in [3.8, 4) is 0 Å². The quantitative estimate of drug-likeness (QED) is 0.794. The molecule has 0 unspecified atom stereocenters. The Kier molecular flexibility index (Phi) is 3.74. The minimum Gasteiger partial charge on any atom is -0.321 e. The standard InChI is InChI=1S/C18H15N5O2/c24-17-12-23(16-6-7-19-9-15(16)21-17)18(25)14-8-20-22(11-14)10-13-4-2-1-3-5-13/h1-9,11H,10,12H2,(H,21,24).